The van der Waals surface area contributed by atoms with Gasteiger partial charge in [-0.25, -0.2) is 19.9 Å². The minimum absolute atomic E-state index is 0.583. The van der Waals surface area contributed by atoms with E-state index in [-0.39, 0.29) is 0 Å². The maximum absolute atomic E-state index is 6.12. The fourth-order valence-electron chi connectivity index (χ4n) is 6.18. The van der Waals surface area contributed by atoms with Gasteiger partial charge in [0.05, 0.1) is 17.3 Å². The van der Waals surface area contributed by atoms with E-state index >= 15 is 0 Å². The molecule has 0 spiro atoms. The Morgan fingerprint density at radius 2 is 1.38 bits per heavy atom. The van der Waals surface area contributed by atoms with Crippen molar-refractivity contribution < 1.29 is 0 Å². The first kappa shape index (κ1) is 24.3. The van der Waals surface area contributed by atoms with E-state index in [0.29, 0.717) is 5.15 Å². The van der Waals surface area contributed by atoms with Crippen LogP contribution in [0.25, 0.3) is 22.1 Å². The summed E-state index contributed by atoms with van der Waals surface area (Å²) in [5.41, 5.74) is 10.7. The van der Waals surface area contributed by atoms with Gasteiger partial charge in [0.25, 0.3) is 0 Å². The van der Waals surface area contributed by atoms with Crippen molar-refractivity contribution in [3.8, 4) is 0 Å². The van der Waals surface area contributed by atoms with Gasteiger partial charge >= 0.3 is 0 Å². The van der Waals surface area contributed by atoms with Crippen molar-refractivity contribution in [2.75, 3.05) is 5.32 Å². The highest BCUT2D eigenvalue weighted by Gasteiger charge is 2.19. The van der Waals surface area contributed by atoms with Gasteiger partial charge in [-0.05, 0) is 85.8 Å². The predicted molar refractivity (Wildman–Crippen MR) is 156 cm³/mol. The van der Waals surface area contributed by atoms with E-state index in [1.54, 1.807) is 6.33 Å². The Balaban J connectivity index is 0.000000145. The zero-order valence-electron chi connectivity index (χ0n) is 21.9. The molecule has 0 radical (unpaired) electrons. The van der Waals surface area contributed by atoms with Gasteiger partial charge in [-0.3, -0.25) is 4.99 Å². The van der Waals surface area contributed by atoms with E-state index in [0.717, 1.165) is 65.8 Å². The maximum Gasteiger partial charge on any atom is 0.143 e. The van der Waals surface area contributed by atoms with Gasteiger partial charge in [0.2, 0.25) is 0 Å². The van der Waals surface area contributed by atoms with Crippen LogP contribution in [0, 0.1) is 0 Å². The van der Waals surface area contributed by atoms with Crippen LogP contribution in [0.1, 0.15) is 72.2 Å². The molecule has 5 heterocycles. The summed E-state index contributed by atoms with van der Waals surface area (Å²) >= 11 is 6.12. The lowest BCUT2D eigenvalue weighted by atomic mass is 10.1. The van der Waals surface area contributed by atoms with Gasteiger partial charge < -0.3 is 15.3 Å². The summed E-state index contributed by atoms with van der Waals surface area (Å²) in [6, 6.07) is 6.39. The van der Waals surface area contributed by atoms with Crippen LogP contribution in [-0.4, -0.2) is 36.1 Å². The Morgan fingerprint density at radius 1 is 0.718 bits per heavy atom. The second kappa shape index (κ2) is 10.4. The molecule has 3 aliphatic rings. The number of nitrogens with one attached hydrogen (secondary N) is 3. The lowest BCUT2D eigenvalue weighted by Gasteiger charge is -2.09. The third-order valence-corrected chi connectivity index (χ3v) is 8.41. The molecule has 0 amide bonds. The molecule has 1 aromatic carbocycles. The van der Waals surface area contributed by atoms with Crippen molar-refractivity contribution in [3.63, 3.8) is 0 Å². The number of benzene rings is 1. The minimum atomic E-state index is 0.583. The van der Waals surface area contributed by atoms with Crippen LogP contribution in [0.5, 0.6) is 0 Å². The third kappa shape index (κ3) is 4.67. The molecule has 0 atom stereocenters. The standard InChI is InChI=1S/C19H19N5.C11H12ClN3/c1-2-4-15-16(5-3-1)24-19-17(15)18(21-11-22-19)23-14-7-6-12-9-20-10-13(12)8-14;12-10-9-7-4-2-1-3-5-8(7)15-11(9)14-6-13-10/h6-8,10-11H,1-5,9H2,(H2,21,22,23,24);6H,1-5H2,(H,13,14,15). The van der Waals surface area contributed by atoms with Crippen LogP contribution in [0.15, 0.2) is 35.8 Å². The normalized spacial score (nSPS) is 16.1. The van der Waals surface area contributed by atoms with E-state index in [9.17, 15) is 0 Å². The molecule has 39 heavy (non-hydrogen) atoms. The largest absolute Gasteiger partial charge is 0.343 e. The SMILES string of the molecule is C1=NCc2ccc(Nc3ncnc4[nH]c5c(c34)CCCCC5)cc21.Clc1ncnc2[nH]c3c(c12)CCCCC3. The second-order valence-electron chi connectivity index (χ2n) is 10.6. The van der Waals surface area contributed by atoms with E-state index in [2.05, 4.69) is 58.4 Å². The van der Waals surface area contributed by atoms with E-state index in [1.807, 2.05) is 6.21 Å². The van der Waals surface area contributed by atoms with Crippen molar-refractivity contribution in [2.45, 2.75) is 70.8 Å². The average Bonchev–Trinajstić information content (AvgIpc) is 3.55. The van der Waals surface area contributed by atoms with Crippen LogP contribution < -0.4 is 5.32 Å². The van der Waals surface area contributed by atoms with Crippen molar-refractivity contribution in [3.05, 3.63) is 69.6 Å². The average molecular weight is 539 g/mol. The van der Waals surface area contributed by atoms with E-state index < -0.39 is 0 Å². The lowest BCUT2D eigenvalue weighted by Crippen LogP contribution is -1.98. The Bertz CT molecular complexity index is 1700. The van der Waals surface area contributed by atoms with Crippen LogP contribution in [-0.2, 0) is 32.2 Å². The lowest BCUT2D eigenvalue weighted by molar-refractivity contribution is 0.708. The fraction of sp³-hybridized carbons (Fsp3) is 0.367. The maximum atomic E-state index is 6.12. The van der Waals surface area contributed by atoms with Crippen LogP contribution >= 0.6 is 11.6 Å². The molecule has 9 heteroatoms. The smallest absolute Gasteiger partial charge is 0.143 e. The predicted octanol–water partition coefficient (Wildman–Crippen LogP) is 6.78. The first-order valence-corrected chi connectivity index (χ1v) is 14.4. The number of hydrogen-bond donors (Lipinski definition) is 3. The highest BCUT2D eigenvalue weighted by Crippen LogP contribution is 2.33. The molecule has 1 aliphatic heterocycles. The number of aliphatic imine (C=N–C) groups is 1. The summed E-state index contributed by atoms with van der Waals surface area (Å²) in [4.78, 5) is 28.5. The topological polar surface area (TPSA) is 108 Å². The molecular formula is C30H31ClN8. The van der Waals surface area contributed by atoms with Crippen molar-refractivity contribution in [1.82, 2.24) is 29.9 Å². The van der Waals surface area contributed by atoms with Crippen molar-refractivity contribution in [1.29, 1.82) is 0 Å². The van der Waals surface area contributed by atoms with Gasteiger partial charge in [-0.1, -0.05) is 30.5 Å². The van der Waals surface area contributed by atoms with Gasteiger partial charge in [0.1, 0.15) is 34.9 Å². The van der Waals surface area contributed by atoms with Gasteiger partial charge in [0, 0.05) is 23.3 Å². The molecule has 0 fully saturated rings. The zero-order valence-corrected chi connectivity index (χ0v) is 22.6. The Morgan fingerprint density at radius 3 is 2.15 bits per heavy atom. The second-order valence-corrected chi connectivity index (χ2v) is 11.0. The molecule has 198 valence electrons. The molecule has 8 rings (SSSR count). The molecule has 0 bridgehead atoms. The highest BCUT2D eigenvalue weighted by atomic mass is 35.5. The molecule has 5 aromatic rings. The van der Waals surface area contributed by atoms with Crippen LogP contribution in [0.2, 0.25) is 5.15 Å². The first-order valence-electron chi connectivity index (χ1n) is 14.0. The molecule has 4 aromatic heterocycles. The number of H-pyrrole nitrogens is 2. The van der Waals surface area contributed by atoms with Gasteiger partial charge in [-0.2, -0.15) is 0 Å². The number of aromatic nitrogens is 6. The number of halogens is 1. The van der Waals surface area contributed by atoms with Crippen LogP contribution in [0.3, 0.4) is 0 Å². The molecule has 3 N–H and O–H groups in total. The molecule has 0 saturated heterocycles. The molecule has 2 aliphatic carbocycles. The van der Waals surface area contributed by atoms with Crippen molar-refractivity contribution in [2.24, 2.45) is 4.99 Å². The number of nitrogens with zero attached hydrogens (tertiary/aromatic N) is 5. The highest BCUT2D eigenvalue weighted by molar-refractivity contribution is 6.34. The Labute approximate surface area is 231 Å². The van der Waals surface area contributed by atoms with E-state index in [1.165, 1.54) is 78.5 Å². The monoisotopic (exact) mass is 538 g/mol. The fourth-order valence-corrected chi connectivity index (χ4v) is 6.43. The number of hydrogen-bond acceptors (Lipinski definition) is 6. The zero-order chi connectivity index (χ0) is 26.2. The van der Waals surface area contributed by atoms with Gasteiger partial charge in [-0.15, -0.1) is 0 Å². The summed E-state index contributed by atoms with van der Waals surface area (Å²) in [7, 11) is 0. The van der Waals surface area contributed by atoms with E-state index in [4.69, 9.17) is 11.6 Å². The molecule has 0 saturated carbocycles. The minimum Gasteiger partial charge on any atom is -0.343 e. The Kier molecular flexibility index (Phi) is 6.48. The summed E-state index contributed by atoms with van der Waals surface area (Å²) in [6.45, 7) is 0.790. The quantitative estimate of drug-likeness (QED) is 0.169. The van der Waals surface area contributed by atoms with Crippen LogP contribution in [0.4, 0.5) is 11.5 Å². The molecule has 0 unspecified atom stereocenters. The molecule has 8 nitrogen and oxygen atoms in total. The molecular weight excluding hydrogens is 508 g/mol. The number of aromatic amines is 2. The summed E-state index contributed by atoms with van der Waals surface area (Å²) in [5.74, 6) is 0.897. The van der Waals surface area contributed by atoms with Gasteiger partial charge in [0.15, 0.2) is 0 Å². The number of anilines is 2. The summed E-state index contributed by atoms with van der Waals surface area (Å²) in [5, 5.41) is 6.28. The third-order valence-electron chi connectivity index (χ3n) is 8.13. The number of rotatable bonds is 2. The Hall–Kier alpha value is -3.78. The van der Waals surface area contributed by atoms with Crippen molar-refractivity contribution >= 4 is 51.4 Å². The first-order chi connectivity index (χ1) is 19.2. The number of aryl methyl sites for hydroxylation is 4. The summed E-state index contributed by atoms with van der Waals surface area (Å²) < 4.78 is 0. The number of fused-ring (bicyclic) bond motifs is 7. The summed E-state index contributed by atoms with van der Waals surface area (Å²) in [6.07, 6.45) is 17.1.